The van der Waals surface area contributed by atoms with Crippen LogP contribution in [0.3, 0.4) is 0 Å². The van der Waals surface area contributed by atoms with Gasteiger partial charge in [0, 0.05) is 41.2 Å². The highest BCUT2D eigenvalue weighted by molar-refractivity contribution is 7.89. The molecule has 1 aromatic heterocycles. The third-order valence-electron chi connectivity index (χ3n) is 5.11. The first-order valence-corrected chi connectivity index (χ1v) is 12.2. The summed E-state index contributed by atoms with van der Waals surface area (Å²) in [5, 5.41) is 1.10. The van der Waals surface area contributed by atoms with Gasteiger partial charge in [0.25, 0.3) is 0 Å². The largest absolute Gasteiger partial charge is 0.458 e. The van der Waals surface area contributed by atoms with Crippen molar-refractivity contribution in [1.82, 2.24) is 4.31 Å². The van der Waals surface area contributed by atoms with E-state index in [4.69, 9.17) is 20.8 Å². The van der Waals surface area contributed by atoms with Crippen LogP contribution < -0.4 is 5.63 Å². The van der Waals surface area contributed by atoms with Crippen molar-refractivity contribution in [2.45, 2.75) is 32.3 Å². The van der Waals surface area contributed by atoms with Crippen LogP contribution in [0.5, 0.6) is 0 Å². The van der Waals surface area contributed by atoms with Crippen molar-refractivity contribution in [3.05, 3.63) is 80.7 Å². The van der Waals surface area contributed by atoms with E-state index in [2.05, 4.69) is 0 Å². The lowest BCUT2D eigenvalue weighted by atomic mass is 10.1. The summed E-state index contributed by atoms with van der Waals surface area (Å²) in [6.45, 7) is 6.00. The second kappa shape index (κ2) is 10.3. The molecule has 0 spiro atoms. The van der Waals surface area contributed by atoms with Gasteiger partial charge in [-0.3, -0.25) is 0 Å². The summed E-state index contributed by atoms with van der Waals surface area (Å²) in [5.41, 5.74) is 1.70. The lowest BCUT2D eigenvalue weighted by molar-refractivity contribution is -0.138. The number of carbonyl (C=O) groups is 1. The highest BCUT2D eigenvalue weighted by atomic mass is 35.5. The van der Waals surface area contributed by atoms with Crippen LogP contribution in [0.15, 0.2) is 62.6 Å². The lowest BCUT2D eigenvalue weighted by Crippen LogP contribution is -2.30. The fourth-order valence-corrected chi connectivity index (χ4v) is 4.91. The normalized spacial score (nSPS) is 12.0. The zero-order chi connectivity index (χ0) is 24.2. The summed E-state index contributed by atoms with van der Waals surface area (Å²) in [4.78, 5) is 24.2. The Labute approximate surface area is 197 Å². The Morgan fingerprint density at radius 1 is 1.12 bits per heavy atom. The highest BCUT2D eigenvalue weighted by Gasteiger charge is 2.21. The number of fused-ring (bicyclic) bond motifs is 1. The van der Waals surface area contributed by atoms with Crippen molar-refractivity contribution in [2.24, 2.45) is 0 Å². The minimum Gasteiger partial charge on any atom is -0.458 e. The van der Waals surface area contributed by atoms with E-state index in [0.717, 1.165) is 5.56 Å². The molecule has 0 unspecified atom stereocenters. The van der Waals surface area contributed by atoms with Gasteiger partial charge in [0.1, 0.15) is 12.2 Å². The van der Waals surface area contributed by atoms with Crippen LogP contribution in [0.2, 0.25) is 5.02 Å². The van der Waals surface area contributed by atoms with E-state index in [-0.39, 0.29) is 11.5 Å². The summed E-state index contributed by atoms with van der Waals surface area (Å²) in [6.07, 6.45) is 2.76. The third-order valence-corrected chi connectivity index (χ3v) is 7.59. The zero-order valence-corrected chi connectivity index (χ0v) is 20.1. The number of halogens is 1. The van der Waals surface area contributed by atoms with Gasteiger partial charge in [-0.25, -0.2) is 18.0 Å². The van der Waals surface area contributed by atoms with Gasteiger partial charge in [-0.2, -0.15) is 4.31 Å². The maximum absolute atomic E-state index is 12.5. The monoisotopic (exact) mass is 489 g/mol. The first-order valence-electron chi connectivity index (χ1n) is 10.3. The molecular weight excluding hydrogens is 466 g/mol. The van der Waals surface area contributed by atoms with E-state index in [1.807, 2.05) is 0 Å². The van der Waals surface area contributed by atoms with E-state index in [0.29, 0.717) is 40.2 Å². The van der Waals surface area contributed by atoms with Crippen LogP contribution in [0, 0.1) is 6.92 Å². The molecule has 0 saturated heterocycles. The Morgan fingerprint density at radius 3 is 2.42 bits per heavy atom. The van der Waals surface area contributed by atoms with Gasteiger partial charge in [-0.05, 0) is 48.4 Å². The van der Waals surface area contributed by atoms with Gasteiger partial charge in [-0.15, -0.1) is 0 Å². The van der Waals surface area contributed by atoms with Gasteiger partial charge in [0.15, 0.2) is 0 Å². The van der Waals surface area contributed by atoms with Crippen molar-refractivity contribution >= 4 is 44.6 Å². The van der Waals surface area contributed by atoms with Crippen LogP contribution in [0.1, 0.15) is 30.5 Å². The molecule has 0 amide bonds. The molecule has 0 bridgehead atoms. The SMILES string of the molecule is CCN(CC)S(=O)(=O)c1ccc(/C=C/C(=O)OCc2cc(=O)oc3cc(C)c(Cl)cc23)cc1. The van der Waals surface area contributed by atoms with Crippen molar-refractivity contribution in [3.8, 4) is 0 Å². The predicted octanol–water partition coefficient (Wildman–Crippen LogP) is 4.54. The van der Waals surface area contributed by atoms with Crippen LogP contribution in [-0.4, -0.2) is 31.8 Å². The summed E-state index contributed by atoms with van der Waals surface area (Å²) in [7, 11) is -3.54. The van der Waals surface area contributed by atoms with Crippen LogP contribution in [-0.2, 0) is 26.2 Å². The molecular formula is C24H24ClNO6S. The Morgan fingerprint density at radius 2 is 1.79 bits per heavy atom. The number of carbonyl (C=O) groups excluding carboxylic acids is 1. The molecule has 0 atom stereocenters. The molecule has 3 rings (SSSR count). The van der Waals surface area contributed by atoms with Gasteiger partial charge in [-0.1, -0.05) is 37.6 Å². The third kappa shape index (κ3) is 5.71. The molecule has 0 fully saturated rings. The molecule has 33 heavy (non-hydrogen) atoms. The average molecular weight is 490 g/mol. The Kier molecular flexibility index (Phi) is 7.73. The standard InChI is InChI=1S/C24H24ClNO6S/c1-4-26(5-2)33(29,30)19-9-6-17(7-10-19)8-11-23(27)31-15-18-13-24(28)32-22-12-16(3)21(25)14-20(18)22/h6-14H,4-5,15H2,1-3H3/b11-8+. The molecule has 2 aromatic carbocycles. The first kappa shape index (κ1) is 24.7. The number of aryl methyl sites for hydroxylation is 1. The van der Waals surface area contributed by atoms with Crippen molar-refractivity contribution in [2.75, 3.05) is 13.1 Å². The maximum atomic E-state index is 12.5. The number of esters is 1. The first-order chi connectivity index (χ1) is 15.6. The summed E-state index contributed by atoms with van der Waals surface area (Å²) in [6, 6.07) is 10.8. The fourth-order valence-electron chi connectivity index (χ4n) is 3.29. The minimum absolute atomic E-state index is 0.133. The Bertz CT molecular complexity index is 1360. The molecule has 0 N–H and O–H groups in total. The molecule has 3 aromatic rings. The molecule has 1 heterocycles. The van der Waals surface area contributed by atoms with E-state index in [1.165, 1.54) is 34.7 Å². The number of rotatable bonds is 8. The number of nitrogens with zero attached hydrogens (tertiary/aromatic N) is 1. The minimum atomic E-state index is -3.54. The van der Waals surface area contributed by atoms with E-state index in [1.54, 1.807) is 45.0 Å². The van der Waals surface area contributed by atoms with E-state index in [9.17, 15) is 18.0 Å². The summed E-state index contributed by atoms with van der Waals surface area (Å²) in [5.74, 6) is -0.616. The molecule has 7 nitrogen and oxygen atoms in total. The van der Waals surface area contributed by atoms with Crippen LogP contribution in [0.25, 0.3) is 17.0 Å². The Balaban J connectivity index is 1.70. The molecule has 0 aliphatic rings. The quantitative estimate of drug-likeness (QED) is 0.262. The smallest absolute Gasteiger partial charge is 0.336 e. The number of sulfonamides is 1. The fraction of sp³-hybridized carbons (Fsp3) is 0.250. The van der Waals surface area contributed by atoms with Crippen molar-refractivity contribution < 1.29 is 22.4 Å². The van der Waals surface area contributed by atoms with Crippen molar-refractivity contribution in [1.29, 1.82) is 0 Å². The van der Waals surface area contributed by atoms with Crippen molar-refractivity contribution in [3.63, 3.8) is 0 Å². The number of hydrogen-bond acceptors (Lipinski definition) is 6. The van der Waals surface area contributed by atoms with Crippen LogP contribution in [0.4, 0.5) is 0 Å². The molecule has 0 aliphatic carbocycles. The number of benzene rings is 2. The second-order valence-corrected chi connectivity index (χ2v) is 9.63. The Hall–Kier alpha value is -2.94. The predicted molar refractivity (Wildman–Crippen MR) is 128 cm³/mol. The molecule has 0 saturated carbocycles. The number of hydrogen-bond donors (Lipinski definition) is 0. The lowest BCUT2D eigenvalue weighted by Gasteiger charge is -2.18. The number of ether oxygens (including phenoxy) is 1. The topological polar surface area (TPSA) is 93.9 Å². The van der Waals surface area contributed by atoms with Crippen LogP contribution >= 0.6 is 11.6 Å². The summed E-state index contributed by atoms with van der Waals surface area (Å²) < 4.78 is 36.9. The molecule has 174 valence electrons. The van der Waals surface area contributed by atoms with E-state index >= 15 is 0 Å². The van der Waals surface area contributed by atoms with Gasteiger partial charge < -0.3 is 9.15 Å². The highest BCUT2D eigenvalue weighted by Crippen LogP contribution is 2.25. The molecule has 9 heteroatoms. The van der Waals surface area contributed by atoms with Gasteiger partial charge in [0.2, 0.25) is 10.0 Å². The summed E-state index contributed by atoms with van der Waals surface area (Å²) >= 11 is 6.17. The molecule has 0 aliphatic heterocycles. The molecule has 0 radical (unpaired) electrons. The average Bonchev–Trinajstić information content (AvgIpc) is 2.78. The second-order valence-electron chi connectivity index (χ2n) is 7.29. The van der Waals surface area contributed by atoms with Gasteiger partial charge >= 0.3 is 11.6 Å². The maximum Gasteiger partial charge on any atom is 0.336 e. The van der Waals surface area contributed by atoms with Gasteiger partial charge in [0.05, 0.1) is 4.90 Å². The zero-order valence-electron chi connectivity index (χ0n) is 18.5. The van der Waals surface area contributed by atoms with E-state index < -0.39 is 21.6 Å².